The molecule has 0 atom stereocenters. The maximum atomic E-state index is 13.4. The number of ether oxygens (including phenoxy) is 1. The number of rotatable bonds is 6. The van der Waals surface area contributed by atoms with Crippen molar-refractivity contribution < 1.29 is 14.3 Å². The molecule has 1 aliphatic heterocycles. The first-order valence-corrected chi connectivity index (χ1v) is 10.6. The molecule has 0 radical (unpaired) electrons. The molecule has 0 bridgehead atoms. The zero-order valence-corrected chi connectivity index (χ0v) is 18.9. The van der Waals surface area contributed by atoms with Gasteiger partial charge in [-0.1, -0.05) is 41.9 Å². The number of carbonyl (C=O) groups excluding carboxylic acids is 2. The van der Waals surface area contributed by atoms with Crippen molar-refractivity contribution in [2.24, 2.45) is 0 Å². The van der Waals surface area contributed by atoms with E-state index in [9.17, 15) is 9.59 Å². The van der Waals surface area contributed by atoms with Crippen LogP contribution in [0.15, 0.2) is 72.4 Å². The summed E-state index contributed by atoms with van der Waals surface area (Å²) in [5, 5.41) is 3.82. The van der Waals surface area contributed by atoms with Crippen LogP contribution in [0.2, 0.25) is 5.02 Å². The fourth-order valence-electron chi connectivity index (χ4n) is 3.82. The van der Waals surface area contributed by atoms with Gasteiger partial charge in [-0.05, 0) is 72.5 Å². The molecule has 4 rings (SSSR count). The Hall–Kier alpha value is -3.57. The summed E-state index contributed by atoms with van der Waals surface area (Å²) in [6, 6.07) is 20.2. The Morgan fingerprint density at radius 2 is 1.50 bits per heavy atom. The first-order valence-electron chi connectivity index (χ1n) is 10.2. The molecule has 3 aromatic carbocycles. The lowest BCUT2D eigenvalue weighted by molar-refractivity contribution is -0.137. The van der Waals surface area contributed by atoms with Crippen molar-refractivity contribution >= 4 is 34.7 Å². The van der Waals surface area contributed by atoms with E-state index in [-0.39, 0.29) is 24.1 Å². The number of anilines is 1. The number of carbonyl (C=O) groups is 2. The molecule has 162 valence electrons. The molecule has 0 aromatic heterocycles. The standard InChI is InChI=1S/C26H23ClN2O3/c1-16-12-17(2)14-21(13-16)28-24-23(19-6-10-22(32-3)11-7-19)25(30)29(26(24)31)15-18-4-8-20(27)9-5-18/h4-14,28H,15H2,1-3H3. The van der Waals surface area contributed by atoms with Crippen LogP contribution in [0.3, 0.4) is 0 Å². The van der Waals surface area contributed by atoms with Crippen LogP contribution in [-0.2, 0) is 16.1 Å². The van der Waals surface area contributed by atoms with Crippen molar-refractivity contribution in [1.82, 2.24) is 4.90 Å². The van der Waals surface area contributed by atoms with E-state index in [0.29, 0.717) is 21.9 Å². The third-order valence-corrected chi connectivity index (χ3v) is 5.54. The van der Waals surface area contributed by atoms with E-state index in [1.165, 1.54) is 4.90 Å². The van der Waals surface area contributed by atoms with E-state index in [2.05, 4.69) is 11.4 Å². The zero-order valence-electron chi connectivity index (χ0n) is 18.1. The second-order valence-electron chi connectivity index (χ2n) is 7.80. The molecular formula is C26H23ClN2O3. The number of amides is 2. The van der Waals surface area contributed by atoms with Crippen LogP contribution in [0, 0.1) is 13.8 Å². The van der Waals surface area contributed by atoms with Crippen LogP contribution in [0.5, 0.6) is 5.75 Å². The maximum absolute atomic E-state index is 13.4. The van der Waals surface area contributed by atoms with E-state index >= 15 is 0 Å². The highest BCUT2D eigenvalue weighted by Gasteiger charge is 2.39. The Morgan fingerprint density at radius 1 is 0.875 bits per heavy atom. The van der Waals surface area contributed by atoms with Gasteiger partial charge in [0.15, 0.2) is 0 Å². The lowest BCUT2D eigenvalue weighted by atomic mass is 10.0. The molecule has 1 N–H and O–H groups in total. The van der Waals surface area contributed by atoms with Crippen molar-refractivity contribution in [3.8, 4) is 5.75 Å². The number of aryl methyl sites for hydroxylation is 2. The summed E-state index contributed by atoms with van der Waals surface area (Å²) in [6.07, 6.45) is 0. The summed E-state index contributed by atoms with van der Waals surface area (Å²) in [6.45, 7) is 4.14. The Kier molecular flexibility index (Phi) is 6.01. The molecule has 0 unspecified atom stereocenters. The van der Waals surface area contributed by atoms with Gasteiger partial charge in [0, 0.05) is 10.7 Å². The molecule has 0 spiro atoms. The summed E-state index contributed by atoms with van der Waals surface area (Å²) < 4.78 is 5.23. The van der Waals surface area contributed by atoms with Gasteiger partial charge in [-0.25, -0.2) is 0 Å². The second-order valence-corrected chi connectivity index (χ2v) is 8.24. The number of hydrogen-bond acceptors (Lipinski definition) is 4. The molecule has 6 heteroatoms. The summed E-state index contributed by atoms with van der Waals surface area (Å²) in [5.41, 5.74) is 4.96. The number of benzene rings is 3. The molecule has 0 aliphatic carbocycles. The van der Waals surface area contributed by atoms with Gasteiger partial charge in [-0.3, -0.25) is 14.5 Å². The normalized spacial score (nSPS) is 13.7. The largest absolute Gasteiger partial charge is 0.497 e. The number of hydrogen-bond donors (Lipinski definition) is 1. The van der Waals surface area contributed by atoms with Crippen molar-refractivity contribution in [2.45, 2.75) is 20.4 Å². The Bertz CT molecular complexity index is 1190. The number of nitrogens with one attached hydrogen (secondary N) is 1. The zero-order chi connectivity index (χ0) is 22.8. The van der Waals surface area contributed by atoms with Crippen molar-refractivity contribution in [3.05, 3.63) is 99.7 Å². The lowest BCUT2D eigenvalue weighted by Gasteiger charge is -2.16. The molecule has 5 nitrogen and oxygen atoms in total. The molecule has 3 aromatic rings. The predicted molar refractivity (Wildman–Crippen MR) is 126 cm³/mol. The van der Waals surface area contributed by atoms with Gasteiger partial charge in [0.25, 0.3) is 11.8 Å². The highest BCUT2D eigenvalue weighted by atomic mass is 35.5. The predicted octanol–water partition coefficient (Wildman–Crippen LogP) is 5.36. The topological polar surface area (TPSA) is 58.6 Å². The highest BCUT2D eigenvalue weighted by Crippen LogP contribution is 2.32. The van der Waals surface area contributed by atoms with Crippen molar-refractivity contribution in [2.75, 3.05) is 12.4 Å². The second kappa shape index (κ2) is 8.89. The average molecular weight is 447 g/mol. The smallest absolute Gasteiger partial charge is 0.278 e. The summed E-state index contributed by atoms with van der Waals surface area (Å²) >= 11 is 5.98. The number of imide groups is 1. The number of methoxy groups -OCH3 is 1. The van der Waals surface area contributed by atoms with E-state index in [1.54, 1.807) is 43.5 Å². The first-order chi connectivity index (χ1) is 15.4. The summed E-state index contributed by atoms with van der Waals surface area (Å²) in [5.74, 6) is -0.0371. The van der Waals surface area contributed by atoms with Gasteiger partial charge >= 0.3 is 0 Å². The molecule has 1 heterocycles. The van der Waals surface area contributed by atoms with E-state index in [1.807, 2.05) is 38.1 Å². The van der Waals surface area contributed by atoms with Gasteiger partial charge < -0.3 is 10.1 Å². The number of nitrogens with zero attached hydrogens (tertiary/aromatic N) is 1. The van der Waals surface area contributed by atoms with Crippen LogP contribution in [0.25, 0.3) is 5.57 Å². The van der Waals surface area contributed by atoms with Crippen LogP contribution < -0.4 is 10.1 Å². The van der Waals surface area contributed by atoms with Crippen molar-refractivity contribution in [3.63, 3.8) is 0 Å². The maximum Gasteiger partial charge on any atom is 0.278 e. The fourth-order valence-corrected chi connectivity index (χ4v) is 3.95. The Labute approximate surface area is 192 Å². The molecule has 2 amide bonds. The van der Waals surface area contributed by atoms with Crippen LogP contribution >= 0.6 is 11.6 Å². The van der Waals surface area contributed by atoms with E-state index in [0.717, 1.165) is 22.4 Å². The Balaban J connectivity index is 1.74. The van der Waals surface area contributed by atoms with Gasteiger partial charge in [-0.2, -0.15) is 0 Å². The van der Waals surface area contributed by atoms with Crippen LogP contribution in [0.1, 0.15) is 22.3 Å². The molecule has 1 aliphatic rings. The molecule has 0 saturated heterocycles. The average Bonchev–Trinajstić information content (AvgIpc) is 2.99. The highest BCUT2D eigenvalue weighted by molar-refractivity contribution is 6.36. The lowest BCUT2D eigenvalue weighted by Crippen LogP contribution is -2.32. The SMILES string of the molecule is COc1ccc(C2=C(Nc3cc(C)cc(C)c3)C(=O)N(Cc3ccc(Cl)cc3)C2=O)cc1. The monoisotopic (exact) mass is 446 g/mol. The Morgan fingerprint density at radius 3 is 2.09 bits per heavy atom. The molecule has 32 heavy (non-hydrogen) atoms. The summed E-state index contributed by atoms with van der Waals surface area (Å²) in [7, 11) is 1.58. The fraction of sp³-hybridized carbons (Fsp3) is 0.154. The minimum absolute atomic E-state index is 0.159. The first kappa shape index (κ1) is 21.7. The third kappa shape index (κ3) is 4.39. The minimum Gasteiger partial charge on any atom is -0.497 e. The van der Waals surface area contributed by atoms with Crippen LogP contribution in [0.4, 0.5) is 5.69 Å². The molecule has 0 saturated carbocycles. The molecule has 0 fully saturated rings. The van der Waals surface area contributed by atoms with E-state index < -0.39 is 0 Å². The van der Waals surface area contributed by atoms with Crippen LogP contribution in [-0.4, -0.2) is 23.8 Å². The third-order valence-electron chi connectivity index (χ3n) is 5.29. The van der Waals surface area contributed by atoms with Gasteiger partial charge in [-0.15, -0.1) is 0 Å². The van der Waals surface area contributed by atoms with Crippen molar-refractivity contribution in [1.29, 1.82) is 0 Å². The van der Waals surface area contributed by atoms with Gasteiger partial charge in [0.05, 0.1) is 19.2 Å². The quantitative estimate of drug-likeness (QED) is 0.518. The minimum atomic E-state index is -0.366. The summed E-state index contributed by atoms with van der Waals surface area (Å²) in [4.78, 5) is 28.1. The van der Waals surface area contributed by atoms with E-state index in [4.69, 9.17) is 16.3 Å². The van der Waals surface area contributed by atoms with Gasteiger partial charge in [0.1, 0.15) is 11.4 Å². The number of halogens is 1. The van der Waals surface area contributed by atoms with Gasteiger partial charge in [0.2, 0.25) is 0 Å². The molecular weight excluding hydrogens is 424 g/mol.